The van der Waals surface area contributed by atoms with Gasteiger partial charge < -0.3 is 15.6 Å². The summed E-state index contributed by atoms with van der Waals surface area (Å²) < 4.78 is 0. The number of nitrogens with zero attached hydrogens (tertiary/aromatic N) is 3. The summed E-state index contributed by atoms with van der Waals surface area (Å²) in [7, 11) is 0. The van der Waals surface area contributed by atoms with Gasteiger partial charge in [0, 0.05) is 24.1 Å². The van der Waals surface area contributed by atoms with Crippen LogP contribution in [-0.2, 0) is 5.41 Å². The Labute approximate surface area is 126 Å². The molecule has 2 bridgehead atoms. The van der Waals surface area contributed by atoms with Crippen molar-refractivity contribution < 1.29 is 0 Å². The molecule has 3 aliphatic rings. The van der Waals surface area contributed by atoms with E-state index in [1.54, 1.807) is 0 Å². The Morgan fingerprint density at radius 3 is 2.38 bits per heavy atom. The fourth-order valence-electron chi connectivity index (χ4n) is 3.25. The van der Waals surface area contributed by atoms with E-state index in [2.05, 4.69) is 41.4 Å². The van der Waals surface area contributed by atoms with E-state index in [-0.39, 0.29) is 5.41 Å². The van der Waals surface area contributed by atoms with Crippen molar-refractivity contribution in [3.63, 3.8) is 0 Å². The van der Waals surface area contributed by atoms with E-state index >= 15 is 0 Å². The molecular weight excluding hydrogens is 264 g/mol. The number of piperidine rings is 3. The summed E-state index contributed by atoms with van der Waals surface area (Å²) in [6.45, 7) is 9.94. The molecule has 0 aromatic carbocycles. The molecule has 0 radical (unpaired) electrons. The summed E-state index contributed by atoms with van der Waals surface area (Å²) in [5.41, 5.74) is 2.55. The molecule has 1 unspecified atom stereocenters. The normalized spacial score (nSPS) is 28.5. The van der Waals surface area contributed by atoms with Crippen molar-refractivity contribution in [2.24, 2.45) is 11.8 Å². The van der Waals surface area contributed by atoms with Crippen molar-refractivity contribution in [3.8, 4) is 0 Å². The number of nitrogens with two attached hydrogens (primary N) is 1. The molecule has 0 aliphatic carbocycles. The zero-order chi connectivity index (χ0) is 15.0. The molecular formula is C15H26N6. The Balaban J connectivity index is 1.81. The highest BCUT2D eigenvalue weighted by Gasteiger charge is 2.34. The number of fused-ring (bicyclic) bond motifs is 3. The van der Waals surface area contributed by atoms with Gasteiger partial charge in [-0.05, 0) is 31.8 Å². The highest BCUT2D eigenvalue weighted by Crippen LogP contribution is 2.30. The largest absolute Gasteiger partial charge is 0.366 e. The van der Waals surface area contributed by atoms with Crippen LogP contribution in [0.3, 0.4) is 0 Å². The van der Waals surface area contributed by atoms with Crippen LogP contribution in [0, 0.1) is 5.92 Å². The molecule has 0 saturated carbocycles. The number of hydrogen-bond donors (Lipinski definition) is 3. The molecule has 0 amide bonds. The molecule has 6 heteroatoms. The predicted molar refractivity (Wildman–Crippen MR) is 85.1 cm³/mol. The number of hydrazine groups is 1. The molecule has 0 spiro atoms. The van der Waals surface area contributed by atoms with Crippen molar-refractivity contribution in [1.82, 2.24) is 14.9 Å². The highest BCUT2D eigenvalue weighted by molar-refractivity contribution is 5.48. The fraction of sp³-hybridized carbons (Fsp3) is 0.733. The maximum absolute atomic E-state index is 5.55. The van der Waals surface area contributed by atoms with E-state index in [4.69, 9.17) is 10.8 Å². The second kappa shape index (κ2) is 5.42. The van der Waals surface area contributed by atoms with Crippen LogP contribution in [0.1, 0.15) is 39.4 Å². The van der Waals surface area contributed by atoms with Crippen LogP contribution in [-0.4, -0.2) is 40.5 Å². The van der Waals surface area contributed by atoms with Crippen molar-refractivity contribution in [1.29, 1.82) is 0 Å². The van der Waals surface area contributed by atoms with Gasteiger partial charge in [0.2, 0.25) is 0 Å². The third kappa shape index (κ3) is 3.11. The zero-order valence-electron chi connectivity index (χ0n) is 13.2. The lowest BCUT2D eigenvalue weighted by Gasteiger charge is -2.45. The van der Waals surface area contributed by atoms with Crippen molar-refractivity contribution in [3.05, 3.63) is 11.9 Å². The van der Waals surface area contributed by atoms with Gasteiger partial charge in [0.15, 0.2) is 0 Å². The summed E-state index contributed by atoms with van der Waals surface area (Å²) in [5.74, 6) is 8.66. The van der Waals surface area contributed by atoms with Crippen molar-refractivity contribution >= 4 is 11.6 Å². The lowest BCUT2D eigenvalue weighted by molar-refractivity contribution is 0.0973. The number of nitrogen functional groups attached to an aromatic ring is 1. The minimum absolute atomic E-state index is 0.0988. The summed E-state index contributed by atoms with van der Waals surface area (Å²) in [4.78, 5) is 11.7. The molecule has 3 saturated heterocycles. The third-order valence-electron chi connectivity index (χ3n) is 4.53. The first-order valence-corrected chi connectivity index (χ1v) is 7.81. The lowest BCUT2D eigenvalue weighted by atomic mass is 9.84. The van der Waals surface area contributed by atoms with Gasteiger partial charge in [0.25, 0.3) is 0 Å². The van der Waals surface area contributed by atoms with Gasteiger partial charge in [-0.15, -0.1) is 0 Å². The van der Waals surface area contributed by atoms with Crippen molar-refractivity contribution in [2.75, 3.05) is 30.4 Å². The molecule has 3 aliphatic heterocycles. The molecule has 1 atom stereocenters. The Morgan fingerprint density at radius 2 is 1.86 bits per heavy atom. The second-order valence-corrected chi connectivity index (χ2v) is 7.25. The smallest absolute Gasteiger partial charge is 0.145 e. The predicted octanol–water partition coefficient (Wildman–Crippen LogP) is 1.57. The van der Waals surface area contributed by atoms with Crippen LogP contribution in [0.25, 0.3) is 0 Å². The van der Waals surface area contributed by atoms with Gasteiger partial charge in [0.1, 0.15) is 17.5 Å². The molecule has 4 rings (SSSR count). The average Bonchev–Trinajstić information content (AvgIpc) is 2.47. The summed E-state index contributed by atoms with van der Waals surface area (Å²) in [6, 6.07) is 2.38. The maximum atomic E-state index is 5.55. The van der Waals surface area contributed by atoms with E-state index in [9.17, 15) is 0 Å². The molecule has 1 aromatic heterocycles. The average molecular weight is 290 g/mol. The third-order valence-corrected chi connectivity index (χ3v) is 4.53. The first-order chi connectivity index (χ1) is 9.95. The summed E-state index contributed by atoms with van der Waals surface area (Å²) in [5, 5.41) is 3.61. The van der Waals surface area contributed by atoms with E-state index in [1.165, 1.54) is 25.9 Å². The number of rotatable bonds is 3. The number of nitrogens with one attached hydrogen (secondary N) is 2. The van der Waals surface area contributed by atoms with Crippen LogP contribution in [0.5, 0.6) is 0 Å². The topological polar surface area (TPSA) is 79.1 Å². The van der Waals surface area contributed by atoms with E-state index in [0.29, 0.717) is 11.9 Å². The quantitative estimate of drug-likeness (QED) is 0.579. The maximum Gasteiger partial charge on any atom is 0.145 e. The van der Waals surface area contributed by atoms with E-state index in [1.807, 2.05) is 6.07 Å². The molecule has 4 N–H and O–H groups in total. The van der Waals surface area contributed by atoms with Crippen LogP contribution in [0.4, 0.5) is 11.6 Å². The van der Waals surface area contributed by atoms with Gasteiger partial charge in [-0.1, -0.05) is 20.8 Å². The molecule has 116 valence electrons. The number of hydrogen-bond acceptors (Lipinski definition) is 6. The fourth-order valence-corrected chi connectivity index (χ4v) is 3.25. The van der Waals surface area contributed by atoms with Gasteiger partial charge in [-0.25, -0.2) is 15.8 Å². The van der Waals surface area contributed by atoms with Gasteiger partial charge >= 0.3 is 0 Å². The van der Waals surface area contributed by atoms with Crippen LogP contribution >= 0.6 is 0 Å². The Kier molecular flexibility index (Phi) is 3.75. The lowest BCUT2D eigenvalue weighted by Crippen LogP contribution is -2.53. The SMILES string of the molecule is CC(C)(C)c1nc(NN)cc(NC2CN3CCC2CC3)n1. The molecule has 4 heterocycles. The van der Waals surface area contributed by atoms with Crippen molar-refractivity contribution in [2.45, 2.75) is 45.1 Å². The minimum Gasteiger partial charge on any atom is -0.366 e. The summed E-state index contributed by atoms with van der Waals surface area (Å²) in [6.07, 6.45) is 2.58. The van der Waals surface area contributed by atoms with Crippen LogP contribution in [0.15, 0.2) is 6.07 Å². The Hall–Kier alpha value is -1.40. The molecule has 3 fully saturated rings. The van der Waals surface area contributed by atoms with Crippen LogP contribution in [0.2, 0.25) is 0 Å². The molecule has 21 heavy (non-hydrogen) atoms. The highest BCUT2D eigenvalue weighted by atomic mass is 15.3. The van der Waals surface area contributed by atoms with Gasteiger partial charge in [-0.2, -0.15) is 0 Å². The Morgan fingerprint density at radius 1 is 1.19 bits per heavy atom. The summed E-state index contributed by atoms with van der Waals surface area (Å²) >= 11 is 0. The number of aromatic nitrogens is 2. The van der Waals surface area contributed by atoms with Gasteiger partial charge in [0.05, 0.1) is 0 Å². The van der Waals surface area contributed by atoms with E-state index < -0.39 is 0 Å². The van der Waals surface area contributed by atoms with Crippen LogP contribution < -0.4 is 16.6 Å². The minimum atomic E-state index is -0.0988. The zero-order valence-corrected chi connectivity index (χ0v) is 13.2. The first kappa shape index (κ1) is 14.5. The monoisotopic (exact) mass is 290 g/mol. The first-order valence-electron chi connectivity index (χ1n) is 7.81. The standard InChI is InChI=1S/C15H26N6/c1-15(2,3)14-18-12(8-13(19-14)20-16)17-11-9-21-6-4-10(11)5-7-21/h8,10-11H,4-7,9,16H2,1-3H3,(H2,17,18,19,20). The van der Waals surface area contributed by atoms with Gasteiger partial charge in [-0.3, -0.25) is 0 Å². The number of anilines is 2. The Bertz CT molecular complexity index is 501. The van der Waals surface area contributed by atoms with E-state index in [0.717, 1.165) is 24.1 Å². The second-order valence-electron chi connectivity index (χ2n) is 7.25. The molecule has 1 aromatic rings. The molecule has 6 nitrogen and oxygen atoms in total.